The van der Waals surface area contributed by atoms with Crippen LogP contribution in [-0.4, -0.2) is 182 Å². The number of nitrogens with one attached hydrogen (secondary N) is 11. The van der Waals surface area contributed by atoms with E-state index in [9.17, 15) is 82.8 Å². The molecule has 1 aromatic heterocycles. The van der Waals surface area contributed by atoms with E-state index in [1.165, 1.54) is 6.92 Å². The topological polar surface area (TPSA) is 491 Å². The van der Waals surface area contributed by atoms with Crippen LogP contribution < -0.4 is 64.6 Å². The summed E-state index contributed by atoms with van der Waals surface area (Å²) < 4.78 is 0. The van der Waals surface area contributed by atoms with Gasteiger partial charge in [-0.2, -0.15) is 0 Å². The van der Waals surface area contributed by atoms with Crippen molar-refractivity contribution in [2.75, 3.05) is 13.1 Å². The van der Waals surface area contributed by atoms with Crippen LogP contribution in [0.3, 0.4) is 0 Å². The molecule has 502 valence electrons. The van der Waals surface area contributed by atoms with Gasteiger partial charge in [0.05, 0.1) is 18.7 Å². The number of fused-ring (bicyclic) bond motifs is 1. The molecule has 0 aliphatic rings. The van der Waals surface area contributed by atoms with Crippen molar-refractivity contribution in [3.05, 3.63) is 71.9 Å². The van der Waals surface area contributed by atoms with Gasteiger partial charge in [-0.05, 0) is 93.9 Å². The van der Waals surface area contributed by atoms with E-state index in [-0.39, 0.29) is 50.5 Å². The number of unbranched alkanes of at least 4 members (excludes halogenated alkanes) is 1. The molecule has 0 aliphatic heterocycles. The minimum Gasteiger partial charge on any atom is -0.481 e. The van der Waals surface area contributed by atoms with E-state index >= 15 is 0 Å². The molecule has 10 amide bonds. The van der Waals surface area contributed by atoms with Gasteiger partial charge in [-0.25, -0.2) is 4.79 Å². The number of aliphatic carboxylic acids is 3. The highest BCUT2D eigenvalue weighted by Gasteiger charge is 2.37. The van der Waals surface area contributed by atoms with Gasteiger partial charge in [0.25, 0.3) is 0 Å². The molecule has 0 aliphatic carbocycles. The molecule has 0 spiro atoms. The predicted molar refractivity (Wildman–Crippen MR) is 331 cm³/mol. The molecule has 30 nitrogen and oxygen atoms in total. The van der Waals surface area contributed by atoms with Crippen molar-refractivity contribution in [2.24, 2.45) is 29.2 Å². The zero-order chi connectivity index (χ0) is 68.2. The molecule has 19 N–H and O–H groups in total. The van der Waals surface area contributed by atoms with E-state index in [2.05, 4.69) is 58.2 Å². The third-order valence-electron chi connectivity index (χ3n) is 14.6. The van der Waals surface area contributed by atoms with E-state index in [1.807, 2.05) is 0 Å². The predicted octanol–water partition coefficient (Wildman–Crippen LogP) is -1.54. The number of carboxylic acid groups (broad SMARTS) is 3. The average molecular weight is 1280 g/mol. The maximum absolute atomic E-state index is 14.2. The van der Waals surface area contributed by atoms with Crippen LogP contribution in [0.5, 0.6) is 0 Å². The SMILES string of the molecule is CC(C)C[C@H](NC(=O)[C@H](Cc1c[nH]c2ccccc12)NC(=O)CNC(=O)[C@@H](NC(=O)[C@H](CCC(=O)O)NC(=O)[C@H](CCCCN)NC(=O)[C@H](CCC(=O)O)NC(=O)[C@@H](NC(=O)[C@H](C)NC(=O)[C@H](Cc1ccccc1)NC(=O)[C@@H](N)C(C)C)C(C)C)[C@@H](C)O)C(=O)O. The second kappa shape index (κ2) is 37.8. The van der Waals surface area contributed by atoms with Crippen LogP contribution in [0.15, 0.2) is 60.8 Å². The third-order valence-corrected chi connectivity index (χ3v) is 14.6. The van der Waals surface area contributed by atoms with Crippen LogP contribution in [0.4, 0.5) is 0 Å². The third kappa shape index (κ3) is 26.1. The molecular formula is C61H91N13O17. The van der Waals surface area contributed by atoms with Gasteiger partial charge in [-0.15, -0.1) is 0 Å². The first-order valence-electron chi connectivity index (χ1n) is 30.2. The summed E-state index contributed by atoms with van der Waals surface area (Å²) in [6.07, 6.45) is -2.42. The molecule has 0 unspecified atom stereocenters. The second-order valence-corrected chi connectivity index (χ2v) is 23.5. The summed E-state index contributed by atoms with van der Waals surface area (Å²) in [5.41, 5.74) is 13.8. The smallest absolute Gasteiger partial charge is 0.326 e. The summed E-state index contributed by atoms with van der Waals surface area (Å²) in [6, 6.07) is 1.36. The number of hydrogen-bond acceptors (Lipinski definition) is 16. The Morgan fingerprint density at radius 2 is 0.989 bits per heavy atom. The number of carbonyl (C=O) groups is 13. The van der Waals surface area contributed by atoms with Gasteiger partial charge in [0.1, 0.15) is 54.4 Å². The first kappa shape index (κ1) is 76.2. The summed E-state index contributed by atoms with van der Waals surface area (Å²) >= 11 is 0. The maximum Gasteiger partial charge on any atom is 0.326 e. The Kier molecular flexibility index (Phi) is 31.7. The number of aliphatic hydroxyl groups excluding tert-OH is 1. The lowest BCUT2D eigenvalue weighted by atomic mass is 10.0. The van der Waals surface area contributed by atoms with Crippen molar-refractivity contribution < 1.29 is 82.8 Å². The summed E-state index contributed by atoms with van der Waals surface area (Å²) in [6.45, 7) is 11.8. The van der Waals surface area contributed by atoms with Gasteiger partial charge in [0, 0.05) is 42.8 Å². The number of carbonyl (C=O) groups excluding carboxylic acids is 10. The molecule has 91 heavy (non-hydrogen) atoms. The Bertz CT molecular complexity index is 2990. The number of carboxylic acids is 3. The summed E-state index contributed by atoms with van der Waals surface area (Å²) in [4.78, 5) is 177. The molecule has 1 heterocycles. The minimum absolute atomic E-state index is 0.0300. The molecule has 0 saturated heterocycles. The zero-order valence-electron chi connectivity index (χ0n) is 52.6. The number of para-hydroxylation sites is 1. The van der Waals surface area contributed by atoms with Gasteiger partial charge in [0.2, 0.25) is 59.1 Å². The van der Waals surface area contributed by atoms with E-state index in [0.29, 0.717) is 28.5 Å². The summed E-state index contributed by atoms with van der Waals surface area (Å²) in [7, 11) is 0. The Morgan fingerprint density at radius 1 is 0.495 bits per heavy atom. The van der Waals surface area contributed by atoms with Crippen molar-refractivity contribution >= 4 is 87.9 Å². The highest BCUT2D eigenvalue weighted by Crippen LogP contribution is 2.20. The van der Waals surface area contributed by atoms with Gasteiger partial charge in [0.15, 0.2) is 0 Å². The Hall–Kier alpha value is -9.03. The van der Waals surface area contributed by atoms with Gasteiger partial charge in [-0.3, -0.25) is 57.5 Å². The Morgan fingerprint density at radius 3 is 1.53 bits per heavy atom. The van der Waals surface area contributed by atoms with E-state index in [1.54, 1.807) is 102 Å². The molecule has 0 radical (unpaired) electrons. The average Bonchev–Trinajstić information content (AvgIpc) is 1.82. The van der Waals surface area contributed by atoms with Gasteiger partial charge >= 0.3 is 17.9 Å². The number of aliphatic hydroxyl groups is 1. The fourth-order valence-corrected chi connectivity index (χ4v) is 9.34. The van der Waals surface area contributed by atoms with E-state index < -0.39 is 182 Å². The van der Waals surface area contributed by atoms with Crippen LogP contribution in [0.1, 0.15) is 118 Å². The number of aromatic nitrogens is 1. The molecule has 0 bridgehead atoms. The number of H-pyrrole nitrogens is 1. The number of benzene rings is 2. The summed E-state index contributed by atoms with van der Waals surface area (Å²) in [5, 5.41) is 65.1. The van der Waals surface area contributed by atoms with Gasteiger partial charge < -0.3 is 90.0 Å². The van der Waals surface area contributed by atoms with E-state index in [4.69, 9.17) is 11.5 Å². The molecule has 3 aromatic rings. The highest BCUT2D eigenvalue weighted by atomic mass is 16.4. The van der Waals surface area contributed by atoms with E-state index in [0.717, 1.165) is 6.92 Å². The second-order valence-electron chi connectivity index (χ2n) is 23.5. The van der Waals surface area contributed by atoms with Crippen molar-refractivity contribution in [3.63, 3.8) is 0 Å². The standard InChI is InChI=1S/C61H91N13O17/c1-31(2)26-45(61(90)91)72-57(86)44(28-37-29-64-39-19-13-12-18-38(37)39)67-46(76)30-65-59(88)51(35(8)75)74-55(84)42(22-24-48(79)80)69-53(82)40(20-14-15-25-62)68-54(83)41(21-23-47(77)78)70-60(89)50(33(5)6)73-52(81)34(7)66-56(85)43(27-36-16-10-9-11-17-36)71-58(87)49(63)32(3)4/h9-13,16-19,29,31-35,40-45,49-51,64,75H,14-15,20-28,30,62-63H2,1-8H3,(H,65,88)(H,66,85)(H,67,76)(H,68,83)(H,69,82)(H,70,89)(H,71,87)(H,72,86)(H,73,81)(H,74,84)(H,77,78)(H,79,80)(H,90,91)/t34-,35+,40-,41-,42-,43-,44-,45-,49-,50-,51-/m0/s1. The number of nitrogens with two attached hydrogens (primary N) is 2. The molecule has 0 fully saturated rings. The van der Waals surface area contributed by atoms with Crippen LogP contribution in [0, 0.1) is 17.8 Å². The van der Waals surface area contributed by atoms with Crippen LogP contribution >= 0.6 is 0 Å². The lowest BCUT2D eigenvalue weighted by molar-refractivity contribution is -0.142. The first-order chi connectivity index (χ1) is 42.8. The normalized spacial score (nSPS) is 14.9. The zero-order valence-corrected chi connectivity index (χ0v) is 52.6. The molecule has 2 aromatic carbocycles. The Balaban J connectivity index is 1.82. The molecule has 0 saturated carbocycles. The molecule has 11 atom stereocenters. The maximum atomic E-state index is 14.2. The largest absolute Gasteiger partial charge is 0.481 e. The van der Waals surface area contributed by atoms with Crippen LogP contribution in [0.25, 0.3) is 10.9 Å². The van der Waals surface area contributed by atoms with Crippen LogP contribution in [-0.2, 0) is 75.2 Å². The number of amides is 10. The van der Waals surface area contributed by atoms with Crippen molar-refractivity contribution in [3.8, 4) is 0 Å². The number of aromatic amines is 1. The van der Waals surface area contributed by atoms with Crippen LogP contribution in [0.2, 0.25) is 0 Å². The van der Waals surface area contributed by atoms with Crippen molar-refractivity contribution in [1.82, 2.24) is 58.2 Å². The quantitative estimate of drug-likeness (QED) is 0.0287. The molecule has 3 rings (SSSR count). The lowest BCUT2D eigenvalue weighted by Crippen LogP contribution is -2.61. The Labute approximate surface area is 527 Å². The monoisotopic (exact) mass is 1280 g/mol. The highest BCUT2D eigenvalue weighted by molar-refractivity contribution is 5.99. The first-order valence-corrected chi connectivity index (χ1v) is 30.2. The fourth-order valence-electron chi connectivity index (χ4n) is 9.34. The number of rotatable bonds is 40. The molecule has 30 heteroatoms. The lowest BCUT2D eigenvalue weighted by Gasteiger charge is -2.29. The fraction of sp³-hybridized carbons (Fsp3) is 0.557. The van der Waals surface area contributed by atoms with Crippen molar-refractivity contribution in [1.29, 1.82) is 0 Å². The number of hydrogen-bond donors (Lipinski definition) is 17. The van der Waals surface area contributed by atoms with Crippen molar-refractivity contribution in [2.45, 2.75) is 186 Å². The van der Waals surface area contributed by atoms with Gasteiger partial charge in [-0.1, -0.05) is 90.1 Å². The summed E-state index contributed by atoms with van der Waals surface area (Å²) in [5.74, 6) is -14.7. The minimum atomic E-state index is -1.87. The molecular weight excluding hydrogens is 1190 g/mol.